The van der Waals surface area contributed by atoms with Crippen LogP contribution in [0.4, 0.5) is 0 Å². The predicted octanol–water partition coefficient (Wildman–Crippen LogP) is 21.4. The van der Waals surface area contributed by atoms with Crippen LogP contribution >= 0.6 is 7.82 Å². The van der Waals surface area contributed by atoms with Crippen molar-refractivity contribution in [1.82, 2.24) is 5.32 Å². The third-order valence-electron chi connectivity index (χ3n) is 15.2. The predicted molar refractivity (Wildman–Crippen MR) is 346 cm³/mol. The summed E-state index contributed by atoms with van der Waals surface area (Å²) in [5.41, 5.74) is 0. The summed E-state index contributed by atoms with van der Waals surface area (Å²) in [7, 11) is 1.62. The molecule has 79 heavy (non-hydrogen) atoms. The Morgan fingerprint density at radius 2 is 0.759 bits per heavy atom. The van der Waals surface area contributed by atoms with E-state index >= 15 is 0 Å². The van der Waals surface area contributed by atoms with Gasteiger partial charge in [-0.15, -0.1) is 0 Å². The number of aliphatic hydroxyl groups excluding tert-OH is 1. The maximum Gasteiger partial charge on any atom is 0.472 e. The number of hydrogen-bond acceptors (Lipinski definition) is 5. The van der Waals surface area contributed by atoms with Crippen molar-refractivity contribution in [2.75, 3.05) is 40.9 Å². The van der Waals surface area contributed by atoms with Crippen LogP contribution in [0.15, 0.2) is 72.9 Å². The molecule has 3 N–H and O–H groups in total. The number of carbonyl (C=O) groups excluding carboxylic acids is 1. The molecule has 0 aliphatic carbocycles. The second-order valence-electron chi connectivity index (χ2n) is 24.2. The molecule has 0 aromatic heterocycles. The van der Waals surface area contributed by atoms with Gasteiger partial charge in [-0.2, -0.15) is 0 Å². The molecule has 0 fully saturated rings. The van der Waals surface area contributed by atoms with Gasteiger partial charge in [0, 0.05) is 6.42 Å². The van der Waals surface area contributed by atoms with E-state index in [-0.39, 0.29) is 19.1 Å². The minimum absolute atomic E-state index is 0.0742. The fraction of sp³-hybridized carbons (Fsp3) is 0.814. The molecule has 0 saturated carbocycles. The Kier molecular flexibility index (Phi) is 59.0. The summed E-state index contributed by atoms with van der Waals surface area (Å²) in [5, 5.41) is 14.1. The second kappa shape index (κ2) is 60.5. The number of amides is 1. The molecule has 0 aromatic carbocycles. The van der Waals surface area contributed by atoms with Crippen molar-refractivity contribution in [3.8, 4) is 0 Å². The number of hydrogen-bond donors (Lipinski definition) is 3. The van der Waals surface area contributed by atoms with Crippen LogP contribution in [0.2, 0.25) is 0 Å². The van der Waals surface area contributed by atoms with E-state index in [1.807, 2.05) is 21.1 Å². The average Bonchev–Trinajstić information content (AvgIpc) is 3.42. The summed E-state index contributed by atoms with van der Waals surface area (Å²) in [4.78, 5) is 23.4. The largest absolute Gasteiger partial charge is 0.472 e. The van der Waals surface area contributed by atoms with E-state index in [1.54, 1.807) is 0 Å². The van der Waals surface area contributed by atoms with Gasteiger partial charge in [-0.25, -0.2) is 4.57 Å². The van der Waals surface area contributed by atoms with Gasteiger partial charge >= 0.3 is 7.82 Å². The lowest BCUT2D eigenvalue weighted by atomic mass is 10.0. The number of nitrogens with one attached hydrogen (secondary N) is 1. The lowest BCUT2D eigenvalue weighted by Gasteiger charge is -2.26. The Hall–Kier alpha value is -2.06. The van der Waals surface area contributed by atoms with Crippen LogP contribution in [0.1, 0.15) is 316 Å². The molecule has 462 valence electrons. The molecule has 0 aliphatic heterocycles. The molecule has 0 saturated heterocycles. The maximum absolute atomic E-state index is 13.1. The van der Waals surface area contributed by atoms with Crippen LogP contribution in [-0.2, 0) is 18.4 Å². The van der Waals surface area contributed by atoms with Crippen LogP contribution in [0.3, 0.4) is 0 Å². The van der Waals surface area contributed by atoms with Crippen molar-refractivity contribution in [3.05, 3.63) is 72.9 Å². The standard InChI is InChI=1S/C70H131N2O6P/c1-6-8-10-12-14-16-18-20-22-24-26-28-30-31-32-33-34-35-36-37-38-39-40-41-42-44-46-48-50-52-54-56-58-60-62-64-70(74)71-68(67-78-79(75,76)77-66-65-72(3,4)5)69(73)63-61-59-57-55-53-51-49-47-45-43-29-27-25-23-21-19-17-15-13-11-9-7-2/h8,10,14,16,20,22,26,28,31-32,34-35,68-69,73H,6-7,9,11-13,15,17-19,21,23-25,27,29-30,33,36-67H2,1-5H3,(H-,71,74,75,76)/p+1/b10-8-,16-14-,22-20-,28-26-,32-31-,35-34-. The molecule has 0 radical (unpaired) electrons. The van der Waals surface area contributed by atoms with Crippen molar-refractivity contribution >= 4 is 13.7 Å². The van der Waals surface area contributed by atoms with E-state index in [0.29, 0.717) is 23.9 Å². The lowest BCUT2D eigenvalue weighted by molar-refractivity contribution is -0.870. The monoisotopic (exact) mass is 1130 g/mol. The molecule has 0 aliphatic rings. The first-order valence-corrected chi connectivity index (χ1v) is 35.3. The molecule has 0 spiro atoms. The number of quaternary nitrogens is 1. The van der Waals surface area contributed by atoms with Crippen LogP contribution in [-0.4, -0.2) is 73.4 Å². The molecular weight excluding hydrogens is 996 g/mol. The highest BCUT2D eigenvalue weighted by molar-refractivity contribution is 7.47. The summed E-state index contributed by atoms with van der Waals surface area (Å²) < 4.78 is 23.9. The Labute approximate surface area is 491 Å². The van der Waals surface area contributed by atoms with Crippen molar-refractivity contribution in [2.45, 2.75) is 328 Å². The summed E-state index contributed by atoms with van der Waals surface area (Å²) in [6, 6.07) is -0.764. The summed E-state index contributed by atoms with van der Waals surface area (Å²) in [6.07, 6.45) is 84.2. The zero-order valence-corrected chi connectivity index (χ0v) is 53.8. The molecule has 8 nitrogen and oxygen atoms in total. The maximum atomic E-state index is 13.1. The van der Waals surface area contributed by atoms with Crippen molar-refractivity contribution < 1.29 is 32.9 Å². The van der Waals surface area contributed by atoms with Crippen molar-refractivity contribution in [2.24, 2.45) is 0 Å². The van der Waals surface area contributed by atoms with Crippen LogP contribution in [0.25, 0.3) is 0 Å². The summed E-state index contributed by atoms with van der Waals surface area (Å²) in [6.45, 7) is 4.81. The van der Waals surface area contributed by atoms with E-state index in [4.69, 9.17) is 9.05 Å². The Morgan fingerprint density at radius 3 is 1.11 bits per heavy atom. The molecular formula is C70H132N2O6P+. The van der Waals surface area contributed by atoms with E-state index in [0.717, 1.165) is 77.0 Å². The SMILES string of the molecule is CC/C=C\C/C=C\C/C=C\C/C=C\C/C=C\C/C=C\CCCCCCCCCCCCCCCCCCC(=O)NC(COP(=O)(O)OCC[N+](C)(C)C)C(O)CCCCCCCCCCCCCCCCCCCCCCCC. The van der Waals surface area contributed by atoms with Gasteiger partial charge in [-0.05, 0) is 64.2 Å². The van der Waals surface area contributed by atoms with Gasteiger partial charge in [0.25, 0.3) is 0 Å². The molecule has 3 atom stereocenters. The van der Waals surface area contributed by atoms with E-state index in [1.165, 1.54) is 212 Å². The second-order valence-corrected chi connectivity index (χ2v) is 25.6. The Morgan fingerprint density at radius 1 is 0.443 bits per heavy atom. The zero-order valence-electron chi connectivity index (χ0n) is 52.9. The molecule has 3 unspecified atom stereocenters. The molecule has 1 amide bonds. The van der Waals surface area contributed by atoms with Crippen LogP contribution in [0, 0.1) is 0 Å². The first-order valence-electron chi connectivity index (χ1n) is 33.8. The van der Waals surface area contributed by atoms with Gasteiger partial charge in [-0.1, -0.05) is 318 Å². The minimum atomic E-state index is -4.33. The summed E-state index contributed by atoms with van der Waals surface area (Å²) in [5.74, 6) is -0.141. The third-order valence-corrected chi connectivity index (χ3v) is 16.2. The number of phosphoric acid groups is 1. The smallest absolute Gasteiger partial charge is 0.391 e. The van der Waals surface area contributed by atoms with Gasteiger partial charge in [0.15, 0.2) is 0 Å². The fourth-order valence-corrected chi connectivity index (χ4v) is 10.7. The number of allylic oxidation sites excluding steroid dienone is 12. The Balaban J connectivity index is 4.03. The van der Waals surface area contributed by atoms with Crippen LogP contribution in [0.5, 0.6) is 0 Å². The van der Waals surface area contributed by atoms with Gasteiger partial charge in [-0.3, -0.25) is 13.8 Å². The van der Waals surface area contributed by atoms with Gasteiger partial charge in [0.05, 0.1) is 39.9 Å². The van der Waals surface area contributed by atoms with Crippen molar-refractivity contribution in [3.63, 3.8) is 0 Å². The lowest BCUT2D eigenvalue weighted by Crippen LogP contribution is -2.46. The normalized spacial score (nSPS) is 14.2. The first kappa shape index (κ1) is 76.9. The van der Waals surface area contributed by atoms with E-state index < -0.39 is 20.0 Å². The minimum Gasteiger partial charge on any atom is -0.391 e. The molecule has 0 aromatic rings. The summed E-state index contributed by atoms with van der Waals surface area (Å²) >= 11 is 0. The molecule has 0 heterocycles. The van der Waals surface area contributed by atoms with Gasteiger partial charge in [0.2, 0.25) is 5.91 Å². The number of unbranched alkanes of at least 4 members (excludes halogenated alkanes) is 37. The van der Waals surface area contributed by atoms with Crippen molar-refractivity contribution in [1.29, 1.82) is 0 Å². The van der Waals surface area contributed by atoms with Gasteiger partial charge < -0.3 is 19.8 Å². The first-order chi connectivity index (χ1) is 38.5. The van der Waals surface area contributed by atoms with Gasteiger partial charge in [0.1, 0.15) is 13.2 Å². The zero-order chi connectivity index (χ0) is 57.7. The number of rotatable bonds is 62. The third kappa shape index (κ3) is 63.4. The fourth-order valence-electron chi connectivity index (χ4n) is 10.00. The highest BCUT2D eigenvalue weighted by atomic mass is 31.2. The number of likely N-dealkylation sites (N-methyl/N-ethyl adjacent to an activating group) is 1. The quantitative estimate of drug-likeness (QED) is 0.0243. The Bertz CT molecular complexity index is 1520. The molecule has 0 rings (SSSR count). The number of carbonyl (C=O) groups is 1. The highest BCUT2D eigenvalue weighted by Gasteiger charge is 2.28. The van der Waals surface area contributed by atoms with Crippen LogP contribution < -0.4 is 5.32 Å². The van der Waals surface area contributed by atoms with E-state index in [9.17, 15) is 19.4 Å². The van der Waals surface area contributed by atoms with E-state index in [2.05, 4.69) is 92.1 Å². The topological polar surface area (TPSA) is 105 Å². The number of phosphoric ester groups is 1. The number of nitrogens with zero attached hydrogens (tertiary/aromatic N) is 1. The molecule has 9 heteroatoms. The number of aliphatic hydroxyl groups is 1. The molecule has 0 bridgehead atoms. The highest BCUT2D eigenvalue weighted by Crippen LogP contribution is 2.43. The average molecular weight is 1130 g/mol.